The Hall–Kier alpha value is -1.36. The summed E-state index contributed by atoms with van der Waals surface area (Å²) in [6, 6.07) is 3.20. The minimum atomic E-state index is -4.44. The number of rotatable bonds is 4. The average molecular weight is 232 g/mol. The molecule has 0 heterocycles. The minimum Gasteiger partial charge on any atom is -0.377 e. The van der Waals surface area contributed by atoms with Crippen molar-refractivity contribution in [1.29, 1.82) is 0 Å². The monoisotopic (exact) mass is 232 g/mol. The fourth-order valence-corrected chi connectivity index (χ4v) is 1.25. The van der Waals surface area contributed by atoms with Crippen molar-refractivity contribution >= 4 is 6.29 Å². The number of benzene rings is 1. The second-order valence-electron chi connectivity index (χ2n) is 3.22. The highest BCUT2D eigenvalue weighted by Gasteiger charge is 2.31. The molecule has 0 saturated carbocycles. The van der Waals surface area contributed by atoms with Crippen LogP contribution in [0.15, 0.2) is 18.2 Å². The van der Waals surface area contributed by atoms with Gasteiger partial charge in [0.25, 0.3) is 0 Å². The summed E-state index contributed by atoms with van der Waals surface area (Å²) >= 11 is 0. The first-order valence-electron chi connectivity index (χ1n) is 4.71. The van der Waals surface area contributed by atoms with Crippen LogP contribution in [0.2, 0.25) is 0 Å². The van der Waals surface area contributed by atoms with Gasteiger partial charge >= 0.3 is 6.18 Å². The van der Waals surface area contributed by atoms with E-state index in [1.165, 1.54) is 6.07 Å². The van der Waals surface area contributed by atoms with Gasteiger partial charge in [-0.15, -0.1) is 0 Å². The molecule has 0 saturated heterocycles. The van der Waals surface area contributed by atoms with E-state index < -0.39 is 11.7 Å². The zero-order valence-corrected chi connectivity index (χ0v) is 8.67. The van der Waals surface area contributed by atoms with Crippen LogP contribution < -0.4 is 0 Å². The van der Waals surface area contributed by atoms with Gasteiger partial charge in [-0.25, -0.2) is 0 Å². The normalized spacial score (nSPS) is 11.5. The van der Waals surface area contributed by atoms with Crippen LogP contribution in [0.5, 0.6) is 0 Å². The van der Waals surface area contributed by atoms with Crippen molar-refractivity contribution in [1.82, 2.24) is 0 Å². The highest BCUT2D eigenvalue weighted by Crippen LogP contribution is 2.30. The van der Waals surface area contributed by atoms with Gasteiger partial charge in [0, 0.05) is 12.2 Å². The molecule has 2 nitrogen and oxygen atoms in total. The quantitative estimate of drug-likeness (QED) is 0.746. The fourth-order valence-electron chi connectivity index (χ4n) is 1.25. The molecular formula is C11H11F3O2. The van der Waals surface area contributed by atoms with Gasteiger partial charge in [0.15, 0.2) is 0 Å². The lowest BCUT2D eigenvalue weighted by atomic mass is 10.1. The van der Waals surface area contributed by atoms with E-state index in [0.717, 1.165) is 12.1 Å². The van der Waals surface area contributed by atoms with Crippen LogP contribution in [0.25, 0.3) is 0 Å². The highest BCUT2D eigenvalue weighted by atomic mass is 19.4. The van der Waals surface area contributed by atoms with E-state index in [1.807, 2.05) is 0 Å². The molecule has 0 N–H and O–H groups in total. The van der Waals surface area contributed by atoms with E-state index in [1.54, 1.807) is 6.92 Å². The molecule has 0 amide bonds. The number of hydrogen-bond donors (Lipinski definition) is 0. The van der Waals surface area contributed by atoms with Gasteiger partial charge in [0.1, 0.15) is 6.29 Å². The molecule has 16 heavy (non-hydrogen) atoms. The molecule has 1 aromatic rings. The molecule has 1 aromatic carbocycles. The number of ether oxygens (including phenoxy) is 1. The van der Waals surface area contributed by atoms with Gasteiger partial charge in [-0.1, -0.05) is 0 Å². The Kier molecular flexibility index (Phi) is 4.06. The molecule has 0 aliphatic rings. The lowest BCUT2D eigenvalue weighted by Crippen LogP contribution is -2.07. The van der Waals surface area contributed by atoms with E-state index in [9.17, 15) is 18.0 Å². The fraction of sp³-hybridized carbons (Fsp3) is 0.364. The Morgan fingerprint density at radius 2 is 2.00 bits per heavy atom. The lowest BCUT2D eigenvalue weighted by Gasteiger charge is -2.10. The number of halogens is 3. The first-order chi connectivity index (χ1) is 7.47. The topological polar surface area (TPSA) is 26.3 Å². The maximum atomic E-state index is 12.4. The summed E-state index contributed by atoms with van der Waals surface area (Å²) in [6.07, 6.45) is -4.05. The molecule has 1 rings (SSSR count). The van der Waals surface area contributed by atoms with Crippen LogP contribution in [0.4, 0.5) is 13.2 Å². The van der Waals surface area contributed by atoms with Gasteiger partial charge in [-0.2, -0.15) is 13.2 Å². The van der Waals surface area contributed by atoms with Gasteiger partial charge in [0.2, 0.25) is 0 Å². The predicted molar refractivity (Wildman–Crippen MR) is 52.2 cm³/mol. The molecule has 0 spiro atoms. The molecule has 0 aliphatic heterocycles. The number of alkyl halides is 3. The highest BCUT2D eigenvalue weighted by molar-refractivity contribution is 5.75. The van der Waals surface area contributed by atoms with Crippen LogP contribution in [0.3, 0.4) is 0 Å². The van der Waals surface area contributed by atoms with Gasteiger partial charge < -0.3 is 4.74 Å². The molecule has 0 unspecified atom stereocenters. The molecule has 0 atom stereocenters. The third-order valence-corrected chi connectivity index (χ3v) is 1.95. The van der Waals surface area contributed by atoms with Crippen LogP contribution in [0, 0.1) is 0 Å². The van der Waals surface area contributed by atoms with Crippen molar-refractivity contribution < 1.29 is 22.7 Å². The summed E-state index contributed by atoms with van der Waals surface area (Å²) in [4.78, 5) is 10.5. The van der Waals surface area contributed by atoms with Crippen molar-refractivity contribution in [2.24, 2.45) is 0 Å². The maximum absolute atomic E-state index is 12.4. The second kappa shape index (κ2) is 5.12. The Morgan fingerprint density at radius 1 is 1.31 bits per heavy atom. The van der Waals surface area contributed by atoms with Gasteiger partial charge in [0.05, 0.1) is 12.2 Å². The zero-order valence-electron chi connectivity index (χ0n) is 8.67. The largest absolute Gasteiger partial charge is 0.416 e. The standard InChI is InChI=1S/C11H11F3O2/c1-2-16-7-9-3-8(6-15)4-10(5-9)11(12,13)14/h3-6H,2,7H2,1H3. The maximum Gasteiger partial charge on any atom is 0.416 e. The first kappa shape index (κ1) is 12.7. The minimum absolute atomic E-state index is 0.00419. The van der Waals surface area contributed by atoms with E-state index in [4.69, 9.17) is 4.74 Å². The summed E-state index contributed by atoms with van der Waals surface area (Å²) in [5.41, 5.74) is -0.477. The van der Waals surface area contributed by atoms with Crippen molar-refractivity contribution in [3.8, 4) is 0 Å². The van der Waals surface area contributed by atoms with E-state index >= 15 is 0 Å². The number of carbonyl (C=O) groups is 1. The number of hydrogen-bond acceptors (Lipinski definition) is 2. The molecule has 5 heteroatoms. The Bertz CT molecular complexity index is 372. The molecule has 88 valence electrons. The van der Waals surface area contributed by atoms with Gasteiger partial charge in [-0.05, 0) is 30.7 Å². The molecule has 0 bridgehead atoms. The summed E-state index contributed by atoms with van der Waals surface area (Å²) < 4.78 is 42.4. The summed E-state index contributed by atoms with van der Waals surface area (Å²) in [7, 11) is 0. The van der Waals surface area contributed by atoms with Crippen molar-refractivity contribution in [2.45, 2.75) is 19.7 Å². The molecule has 0 radical (unpaired) electrons. The molecule has 0 fully saturated rings. The predicted octanol–water partition coefficient (Wildman–Crippen LogP) is 3.05. The van der Waals surface area contributed by atoms with E-state index in [0.29, 0.717) is 18.5 Å². The third kappa shape index (κ3) is 3.34. The smallest absolute Gasteiger partial charge is 0.377 e. The van der Waals surface area contributed by atoms with Crippen molar-refractivity contribution in [3.05, 3.63) is 34.9 Å². The summed E-state index contributed by atoms with van der Waals surface area (Å²) in [5, 5.41) is 0. The number of aldehydes is 1. The molecular weight excluding hydrogens is 221 g/mol. The second-order valence-corrected chi connectivity index (χ2v) is 3.22. The molecule has 0 aliphatic carbocycles. The number of carbonyl (C=O) groups excluding carboxylic acids is 1. The SMILES string of the molecule is CCOCc1cc(C=O)cc(C(F)(F)F)c1. The summed E-state index contributed by atoms with van der Waals surface area (Å²) in [6.45, 7) is 2.22. The van der Waals surface area contributed by atoms with Gasteiger partial charge in [-0.3, -0.25) is 4.79 Å². The summed E-state index contributed by atoms with van der Waals surface area (Å²) in [5.74, 6) is 0. The van der Waals surface area contributed by atoms with Crippen LogP contribution >= 0.6 is 0 Å². The average Bonchev–Trinajstić information content (AvgIpc) is 2.24. The van der Waals surface area contributed by atoms with Crippen molar-refractivity contribution in [2.75, 3.05) is 6.61 Å². The van der Waals surface area contributed by atoms with E-state index in [-0.39, 0.29) is 12.2 Å². The Labute approximate surface area is 91.0 Å². The van der Waals surface area contributed by atoms with Crippen LogP contribution in [0.1, 0.15) is 28.4 Å². The molecule has 0 aromatic heterocycles. The first-order valence-corrected chi connectivity index (χ1v) is 4.71. The van der Waals surface area contributed by atoms with Crippen molar-refractivity contribution in [3.63, 3.8) is 0 Å². The van der Waals surface area contributed by atoms with Crippen LogP contribution in [-0.2, 0) is 17.5 Å². The third-order valence-electron chi connectivity index (χ3n) is 1.95. The van der Waals surface area contributed by atoms with E-state index in [2.05, 4.69) is 0 Å². The Morgan fingerprint density at radius 3 is 2.50 bits per heavy atom. The Balaban J connectivity index is 3.06. The lowest BCUT2D eigenvalue weighted by molar-refractivity contribution is -0.137. The zero-order chi connectivity index (χ0) is 12.2. The van der Waals surface area contributed by atoms with Crippen LogP contribution in [-0.4, -0.2) is 12.9 Å².